The topological polar surface area (TPSA) is 25.8 Å². The average Bonchev–Trinajstić information content (AvgIpc) is 2.06. The molecule has 0 aromatic carbocycles. The Hall–Kier alpha value is -0.630. The van der Waals surface area contributed by atoms with Gasteiger partial charge < -0.3 is 0 Å². The van der Waals surface area contributed by atoms with Gasteiger partial charge in [0.2, 0.25) is 0 Å². The average molecular weight is 197 g/mol. The molecule has 1 aliphatic carbocycles. The Labute approximate surface area is 83.4 Å². The maximum absolute atomic E-state index is 6.02. The van der Waals surface area contributed by atoms with E-state index in [1.54, 1.807) is 6.33 Å². The predicted molar refractivity (Wildman–Crippen MR) is 53.0 cm³/mol. The molecule has 1 aromatic heterocycles. The van der Waals surface area contributed by atoms with E-state index in [4.69, 9.17) is 11.6 Å². The van der Waals surface area contributed by atoms with Gasteiger partial charge in [-0.25, -0.2) is 9.97 Å². The van der Waals surface area contributed by atoms with E-state index < -0.39 is 0 Å². The van der Waals surface area contributed by atoms with E-state index in [1.165, 1.54) is 12.8 Å². The van der Waals surface area contributed by atoms with Gasteiger partial charge >= 0.3 is 0 Å². The van der Waals surface area contributed by atoms with Gasteiger partial charge in [0.25, 0.3) is 0 Å². The van der Waals surface area contributed by atoms with Crippen molar-refractivity contribution in [1.29, 1.82) is 0 Å². The molecule has 0 unspecified atom stereocenters. The van der Waals surface area contributed by atoms with E-state index in [2.05, 4.69) is 23.8 Å². The second kappa shape index (κ2) is 2.95. The Morgan fingerprint density at radius 2 is 2.15 bits per heavy atom. The lowest BCUT2D eigenvalue weighted by atomic mass is 9.76. The molecule has 0 N–H and O–H groups in total. The molecule has 0 spiro atoms. The number of rotatable bonds is 0. The first-order chi connectivity index (χ1) is 6.11. The van der Waals surface area contributed by atoms with Crippen molar-refractivity contribution in [2.45, 2.75) is 38.5 Å². The second-order valence-corrected chi connectivity index (χ2v) is 4.59. The van der Waals surface area contributed by atoms with Gasteiger partial charge in [-0.2, -0.15) is 0 Å². The van der Waals surface area contributed by atoms with Crippen LogP contribution in [0, 0.1) is 0 Å². The van der Waals surface area contributed by atoms with Crippen LogP contribution in [0.2, 0.25) is 5.15 Å². The molecule has 0 atom stereocenters. The Morgan fingerprint density at radius 3 is 2.85 bits per heavy atom. The van der Waals surface area contributed by atoms with Crippen molar-refractivity contribution in [3.63, 3.8) is 0 Å². The summed E-state index contributed by atoms with van der Waals surface area (Å²) in [5, 5.41) is 0.637. The molecule has 0 aliphatic heterocycles. The molecule has 1 aromatic rings. The maximum atomic E-state index is 6.02. The molecule has 3 heteroatoms. The summed E-state index contributed by atoms with van der Waals surface area (Å²) in [6.45, 7) is 4.43. The Morgan fingerprint density at radius 1 is 1.38 bits per heavy atom. The van der Waals surface area contributed by atoms with Crippen molar-refractivity contribution in [2.75, 3.05) is 0 Å². The maximum Gasteiger partial charge on any atom is 0.135 e. The number of halogens is 1. The summed E-state index contributed by atoms with van der Waals surface area (Å²) in [5.74, 6) is 0. The van der Waals surface area contributed by atoms with Crippen molar-refractivity contribution >= 4 is 11.6 Å². The highest BCUT2D eigenvalue weighted by atomic mass is 35.5. The molecular weight excluding hydrogens is 184 g/mol. The third kappa shape index (κ3) is 1.44. The van der Waals surface area contributed by atoms with Crippen molar-refractivity contribution < 1.29 is 0 Å². The lowest BCUT2D eigenvalue weighted by molar-refractivity contribution is 0.416. The number of nitrogens with zero attached hydrogens (tertiary/aromatic N) is 2. The van der Waals surface area contributed by atoms with E-state index in [0.29, 0.717) is 5.15 Å². The lowest BCUT2D eigenvalue weighted by Gasteiger charge is -2.30. The summed E-state index contributed by atoms with van der Waals surface area (Å²) in [6.07, 6.45) is 4.97. The van der Waals surface area contributed by atoms with Crippen LogP contribution < -0.4 is 0 Å². The van der Waals surface area contributed by atoms with Gasteiger partial charge in [0.15, 0.2) is 0 Å². The summed E-state index contributed by atoms with van der Waals surface area (Å²) in [6, 6.07) is 0. The minimum atomic E-state index is 0.167. The first-order valence-corrected chi connectivity index (χ1v) is 4.99. The second-order valence-electron chi connectivity index (χ2n) is 4.23. The minimum absolute atomic E-state index is 0.167. The highest BCUT2D eigenvalue weighted by Crippen LogP contribution is 2.36. The molecule has 0 fully saturated rings. The van der Waals surface area contributed by atoms with Crippen LogP contribution in [0.3, 0.4) is 0 Å². The molecule has 0 saturated carbocycles. The van der Waals surface area contributed by atoms with Gasteiger partial charge in [-0.05, 0) is 19.3 Å². The van der Waals surface area contributed by atoms with Gasteiger partial charge in [-0.1, -0.05) is 25.4 Å². The zero-order valence-electron chi connectivity index (χ0n) is 7.97. The smallest absolute Gasteiger partial charge is 0.135 e. The SMILES string of the molecule is CC1(C)CCCc2c(Cl)ncnc21. The fourth-order valence-corrected chi connectivity index (χ4v) is 2.25. The van der Waals surface area contributed by atoms with Crippen molar-refractivity contribution in [1.82, 2.24) is 9.97 Å². The first-order valence-electron chi connectivity index (χ1n) is 4.61. The molecule has 0 radical (unpaired) electrons. The quantitative estimate of drug-likeness (QED) is 0.597. The Bertz CT molecular complexity index is 334. The Balaban J connectivity index is 2.58. The third-order valence-electron chi connectivity index (χ3n) is 2.76. The molecule has 1 aliphatic rings. The first kappa shape index (κ1) is 8.95. The number of fused-ring (bicyclic) bond motifs is 1. The molecule has 0 bridgehead atoms. The fourth-order valence-electron chi connectivity index (χ4n) is 2.02. The number of hydrogen-bond donors (Lipinski definition) is 0. The van der Waals surface area contributed by atoms with E-state index >= 15 is 0 Å². The van der Waals surface area contributed by atoms with Crippen LogP contribution in [-0.4, -0.2) is 9.97 Å². The van der Waals surface area contributed by atoms with E-state index in [0.717, 1.165) is 17.7 Å². The molecule has 13 heavy (non-hydrogen) atoms. The normalized spacial score (nSPS) is 19.6. The van der Waals surface area contributed by atoms with Crippen LogP contribution in [0.25, 0.3) is 0 Å². The summed E-state index contributed by atoms with van der Waals surface area (Å²) in [5.41, 5.74) is 2.46. The minimum Gasteiger partial charge on any atom is -0.240 e. The van der Waals surface area contributed by atoms with Crippen LogP contribution in [-0.2, 0) is 11.8 Å². The molecule has 2 rings (SSSR count). The van der Waals surface area contributed by atoms with Gasteiger partial charge in [-0.3, -0.25) is 0 Å². The molecule has 2 nitrogen and oxygen atoms in total. The summed E-state index contributed by atoms with van der Waals surface area (Å²) in [4.78, 5) is 8.35. The summed E-state index contributed by atoms with van der Waals surface area (Å²) in [7, 11) is 0. The zero-order valence-corrected chi connectivity index (χ0v) is 8.73. The number of aromatic nitrogens is 2. The van der Waals surface area contributed by atoms with Crippen molar-refractivity contribution in [3.05, 3.63) is 22.7 Å². The number of hydrogen-bond acceptors (Lipinski definition) is 2. The summed E-state index contributed by atoms with van der Waals surface area (Å²) >= 11 is 6.02. The van der Waals surface area contributed by atoms with Crippen LogP contribution in [0.1, 0.15) is 37.9 Å². The summed E-state index contributed by atoms with van der Waals surface area (Å²) < 4.78 is 0. The van der Waals surface area contributed by atoms with Crippen LogP contribution in [0.15, 0.2) is 6.33 Å². The molecule has 70 valence electrons. The van der Waals surface area contributed by atoms with Gasteiger partial charge in [0.1, 0.15) is 11.5 Å². The predicted octanol–water partition coefficient (Wildman–Crippen LogP) is 2.74. The van der Waals surface area contributed by atoms with Gasteiger partial charge in [0, 0.05) is 11.0 Å². The van der Waals surface area contributed by atoms with E-state index in [1.807, 2.05) is 0 Å². The monoisotopic (exact) mass is 196 g/mol. The molecule has 0 amide bonds. The largest absolute Gasteiger partial charge is 0.240 e. The van der Waals surface area contributed by atoms with Gasteiger partial charge in [-0.15, -0.1) is 0 Å². The van der Waals surface area contributed by atoms with Crippen LogP contribution in [0.5, 0.6) is 0 Å². The third-order valence-corrected chi connectivity index (χ3v) is 3.09. The zero-order chi connectivity index (χ0) is 9.47. The standard InChI is InChI=1S/C10H13ClN2/c1-10(2)5-3-4-7-8(10)12-6-13-9(7)11/h6H,3-5H2,1-2H3. The van der Waals surface area contributed by atoms with Crippen LogP contribution in [0.4, 0.5) is 0 Å². The lowest BCUT2D eigenvalue weighted by Crippen LogP contribution is -2.25. The fraction of sp³-hybridized carbons (Fsp3) is 0.600. The molecular formula is C10H13ClN2. The molecule has 0 saturated heterocycles. The van der Waals surface area contributed by atoms with E-state index in [9.17, 15) is 0 Å². The Kier molecular flexibility index (Phi) is 2.03. The highest BCUT2D eigenvalue weighted by molar-refractivity contribution is 6.30. The van der Waals surface area contributed by atoms with Crippen molar-refractivity contribution in [2.24, 2.45) is 0 Å². The van der Waals surface area contributed by atoms with Crippen molar-refractivity contribution in [3.8, 4) is 0 Å². The molecule has 1 heterocycles. The van der Waals surface area contributed by atoms with E-state index in [-0.39, 0.29) is 5.41 Å². The van der Waals surface area contributed by atoms with Crippen LogP contribution >= 0.6 is 11.6 Å². The highest BCUT2D eigenvalue weighted by Gasteiger charge is 2.30. The van der Waals surface area contributed by atoms with Gasteiger partial charge in [0.05, 0.1) is 5.69 Å².